The number of benzene rings is 1. The molecule has 5 heteroatoms. The van der Waals surface area contributed by atoms with Gasteiger partial charge in [-0.3, -0.25) is 0 Å². The van der Waals surface area contributed by atoms with Gasteiger partial charge in [0.05, 0.1) is 19.3 Å². The Hall–Kier alpha value is -1.30. The molecule has 0 unspecified atom stereocenters. The van der Waals surface area contributed by atoms with Crippen LogP contribution in [-0.2, 0) is 15.3 Å². The summed E-state index contributed by atoms with van der Waals surface area (Å²) in [5, 5.41) is 3.15. The van der Waals surface area contributed by atoms with Crippen LogP contribution in [0.4, 0.5) is 0 Å². The molecule has 1 aromatic carbocycles. The largest absolute Gasteiger partial charge is 0.486 e. The van der Waals surface area contributed by atoms with Crippen LogP contribution in [0.2, 0.25) is 0 Å². The summed E-state index contributed by atoms with van der Waals surface area (Å²) in [6.07, 6.45) is 0. The minimum atomic E-state index is -0.719. The first kappa shape index (κ1) is 12.7. The third-order valence-electron chi connectivity index (χ3n) is 3.59. The number of rotatable bonds is 2. The van der Waals surface area contributed by atoms with Crippen molar-refractivity contribution < 1.29 is 18.9 Å². The zero-order valence-electron chi connectivity index (χ0n) is 11.3. The third kappa shape index (κ3) is 2.41. The lowest BCUT2D eigenvalue weighted by atomic mass is 10.0. The molecular formula is C14H19NO4. The van der Waals surface area contributed by atoms with Crippen LogP contribution in [0.15, 0.2) is 18.2 Å². The summed E-state index contributed by atoms with van der Waals surface area (Å²) in [5.74, 6) is 0.818. The van der Waals surface area contributed by atoms with Crippen LogP contribution >= 0.6 is 0 Å². The quantitative estimate of drug-likeness (QED) is 0.872. The molecule has 1 saturated heterocycles. The van der Waals surface area contributed by atoms with Crippen molar-refractivity contribution in [2.45, 2.75) is 18.8 Å². The summed E-state index contributed by atoms with van der Waals surface area (Å²) in [7, 11) is 1.91. The van der Waals surface area contributed by atoms with Crippen molar-refractivity contribution in [3.63, 3.8) is 0 Å². The number of hydrogen-bond acceptors (Lipinski definition) is 5. The first-order chi connectivity index (χ1) is 9.21. The van der Waals surface area contributed by atoms with Gasteiger partial charge >= 0.3 is 0 Å². The van der Waals surface area contributed by atoms with Crippen LogP contribution in [0.3, 0.4) is 0 Å². The van der Waals surface area contributed by atoms with Gasteiger partial charge in [0.15, 0.2) is 17.3 Å². The van der Waals surface area contributed by atoms with Crippen molar-refractivity contribution in [1.29, 1.82) is 0 Å². The molecule has 0 radical (unpaired) electrons. The van der Waals surface area contributed by atoms with Crippen molar-refractivity contribution in [3.05, 3.63) is 23.8 Å². The predicted molar refractivity (Wildman–Crippen MR) is 69.5 cm³/mol. The molecule has 2 heterocycles. The van der Waals surface area contributed by atoms with Crippen molar-refractivity contribution >= 4 is 0 Å². The summed E-state index contributed by atoms with van der Waals surface area (Å²) < 4.78 is 22.8. The van der Waals surface area contributed by atoms with E-state index in [1.54, 1.807) is 0 Å². The fraction of sp³-hybridized carbons (Fsp3) is 0.571. The average molecular weight is 265 g/mol. The molecular weight excluding hydrogens is 246 g/mol. The summed E-state index contributed by atoms with van der Waals surface area (Å²) in [5.41, 5.74) is 0.950. The first-order valence-corrected chi connectivity index (χ1v) is 6.56. The van der Waals surface area contributed by atoms with Crippen molar-refractivity contribution in [2.75, 3.05) is 33.5 Å². The molecule has 0 amide bonds. The van der Waals surface area contributed by atoms with Gasteiger partial charge < -0.3 is 24.3 Å². The van der Waals surface area contributed by atoms with E-state index < -0.39 is 5.79 Å². The Bertz CT molecular complexity index is 455. The molecule has 0 saturated carbocycles. The van der Waals surface area contributed by atoms with Crippen LogP contribution in [-0.4, -0.2) is 39.5 Å². The Morgan fingerprint density at radius 3 is 2.47 bits per heavy atom. The predicted octanol–water partition coefficient (Wildman–Crippen LogP) is 1.27. The van der Waals surface area contributed by atoms with Crippen LogP contribution in [0.5, 0.6) is 11.5 Å². The molecule has 1 fully saturated rings. The van der Waals surface area contributed by atoms with Gasteiger partial charge in [-0.2, -0.15) is 0 Å². The molecule has 3 rings (SSSR count). The Morgan fingerprint density at radius 1 is 1.11 bits per heavy atom. The fourth-order valence-electron chi connectivity index (χ4n) is 2.27. The van der Waals surface area contributed by atoms with Crippen LogP contribution < -0.4 is 14.8 Å². The molecule has 2 aliphatic rings. The highest BCUT2D eigenvalue weighted by Gasteiger charge is 2.35. The Morgan fingerprint density at radius 2 is 1.79 bits per heavy atom. The summed E-state index contributed by atoms with van der Waals surface area (Å²) in [4.78, 5) is 0. The van der Waals surface area contributed by atoms with Gasteiger partial charge in [0.2, 0.25) is 0 Å². The van der Waals surface area contributed by atoms with E-state index in [9.17, 15) is 0 Å². The highest BCUT2D eigenvalue weighted by Crippen LogP contribution is 2.37. The van der Waals surface area contributed by atoms with E-state index in [4.69, 9.17) is 18.9 Å². The van der Waals surface area contributed by atoms with E-state index in [1.807, 2.05) is 32.2 Å². The third-order valence-corrected chi connectivity index (χ3v) is 3.59. The molecule has 104 valence electrons. The monoisotopic (exact) mass is 265 g/mol. The minimum Gasteiger partial charge on any atom is -0.486 e. The first-order valence-electron chi connectivity index (χ1n) is 6.56. The van der Waals surface area contributed by atoms with Gasteiger partial charge in [-0.25, -0.2) is 0 Å². The highest BCUT2D eigenvalue weighted by atomic mass is 16.7. The van der Waals surface area contributed by atoms with Crippen LogP contribution in [0, 0.1) is 0 Å². The highest BCUT2D eigenvalue weighted by molar-refractivity contribution is 5.45. The topological polar surface area (TPSA) is 49.0 Å². The zero-order valence-corrected chi connectivity index (χ0v) is 11.3. The number of hydrogen-bond donors (Lipinski definition) is 1. The molecule has 1 N–H and O–H groups in total. The Balaban J connectivity index is 1.81. The molecule has 19 heavy (non-hydrogen) atoms. The van der Waals surface area contributed by atoms with E-state index in [0.717, 1.165) is 17.1 Å². The van der Waals surface area contributed by atoms with Crippen molar-refractivity contribution in [1.82, 2.24) is 5.32 Å². The number of likely N-dealkylation sites (N-methyl/N-ethyl adjacent to an activating group) is 1. The van der Waals surface area contributed by atoms with Gasteiger partial charge in [0, 0.05) is 5.56 Å². The van der Waals surface area contributed by atoms with E-state index >= 15 is 0 Å². The number of ether oxygens (including phenoxy) is 4. The maximum absolute atomic E-state index is 5.86. The molecule has 0 aromatic heterocycles. The van der Waals surface area contributed by atoms with E-state index in [1.165, 1.54) is 0 Å². The van der Waals surface area contributed by atoms with Gasteiger partial charge in [0.1, 0.15) is 13.2 Å². The molecule has 2 aliphatic heterocycles. The second kappa shape index (κ2) is 5.00. The average Bonchev–Trinajstić information content (AvgIpc) is 2.47. The van der Waals surface area contributed by atoms with E-state index in [0.29, 0.717) is 26.4 Å². The molecule has 0 bridgehead atoms. The Kier molecular flexibility index (Phi) is 3.35. The standard InChI is InChI=1S/C14H19NO4/c1-14(18-8-11(15-2)9-19-14)10-3-4-12-13(7-10)17-6-5-16-12/h3-4,7,11,15H,5-6,8-9H2,1-2H3. The van der Waals surface area contributed by atoms with Crippen molar-refractivity contribution in [2.24, 2.45) is 0 Å². The van der Waals surface area contributed by atoms with Gasteiger partial charge in [-0.1, -0.05) is 0 Å². The maximum Gasteiger partial charge on any atom is 0.192 e. The number of nitrogens with one attached hydrogen (secondary N) is 1. The molecule has 1 aromatic rings. The van der Waals surface area contributed by atoms with Gasteiger partial charge in [-0.05, 0) is 32.2 Å². The lowest BCUT2D eigenvalue weighted by molar-refractivity contribution is -0.272. The Labute approximate surface area is 112 Å². The van der Waals surface area contributed by atoms with Gasteiger partial charge in [-0.15, -0.1) is 0 Å². The molecule has 0 aliphatic carbocycles. The lowest BCUT2D eigenvalue weighted by Gasteiger charge is -2.38. The van der Waals surface area contributed by atoms with Crippen LogP contribution in [0.25, 0.3) is 0 Å². The SMILES string of the molecule is CNC1COC(C)(c2ccc3c(c2)OCCO3)OC1. The fourth-order valence-corrected chi connectivity index (χ4v) is 2.27. The normalized spacial score (nSPS) is 30.1. The number of fused-ring (bicyclic) bond motifs is 1. The summed E-state index contributed by atoms with van der Waals surface area (Å²) in [6, 6.07) is 6.05. The molecule has 5 nitrogen and oxygen atoms in total. The smallest absolute Gasteiger partial charge is 0.192 e. The maximum atomic E-state index is 5.86. The molecule has 0 spiro atoms. The van der Waals surface area contributed by atoms with E-state index in [2.05, 4.69) is 5.32 Å². The zero-order chi connectivity index (χ0) is 13.3. The lowest BCUT2D eigenvalue weighted by Crippen LogP contribution is -2.47. The van der Waals surface area contributed by atoms with Crippen molar-refractivity contribution in [3.8, 4) is 11.5 Å². The molecule has 0 atom stereocenters. The second-order valence-electron chi connectivity index (χ2n) is 4.91. The van der Waals surface area contributed by atoms with Gasteiger partial charge in [0.25, 0.3) is 0 Å². The van der Waals surface area contributed by atoms with Crippen LogP contribution in [0.1, 0.15) is 12.5 Å². The summed E-state index contributed by atoms with van der Waals surface area (Å²) in [6.45, 7) is 4.37. The minimum absolute atomic E-state index is 0.241. The second-order valence-corrected chi connectivity index (χ2v) is 4.91. The summed E-state index contributed by atoms with van der Waals surface area (Å²) >= 11 is 0. The van der Waals surface area contributed by atoms with E-state index in [-0.39, 0.29) is 6.04 Å².